The molecule has 0 radical (unpaired) electrons. The van der Waals surface area contributed by atoms with Crippen LogP contribution in [0.15, 0.2) is 358 Å². The molecule has 0 amide bonds. The van der Waals surface area contributed by atoms with Gasteiger partial charge in [0.2, 0.25) is 11.9 Å². The molecule has 0 saturated heterocycles. The van der Waals surface area contributed by atoms with Crippen LogP contribution in [0.4, 0.5) is 0 Å². The van der Waals surface area contributed by atoms with E-state index >= 15 is 0 Å². The van der Waals surface area contributed by atoms with Crippen LogP contribution in [0.1, 0.15) is 0 Å². The summed E-state index contributed by atoms with van der Waals surface area (Å²) in [6, 6.07) is 129. The third-order valence-corrected chi connectivity index (χ3v) is 27.3. The van der Waals surface area contributed by atoms with Gasteiger partial charge in [0.05, 0.1) is 66.5 Å². The fourth-order valence-electron chi connectivity index (χ4n) is 18.1. The minimum Gasteiger partial charge on any atom is -0.309 e. The number of nitrogens with zero attached hydrogens (tertiary/aromatic N) is 11. The second-order valence-corrected chi connectivity index (χ2v) is 31.8. The molecule has 0 saturated carbocycles. The molecule has 8 heterocycles. The number of rotatable bonds is 10. The fourth-order valence-corrected chi connectivity index (χ4v) is 23.2. The Morgan fingerprint density at radius 2 is 0.472 bits per heavy atom. The molecule has 0 bridgehead atoms. The Morgan fingerprint density at radius 3 is 0.861 bits per heavy atom. The quantitative estimate of drug-likeness (QED) is 0.126. The molecule has 0 fully saturated rings. The lowest BCUT2D eigenvalue weighted by molar-refractivity contribution is 0.951. The number of aromatic nitrogens is 11. The average Bonchev–Trinajstić information content (AvgIpc) is 1.08. The molecule has 1 aliphatic heterocycles. The van der Waals surface area contributed by atoms with Crippen LogP contribution in [0.3, 0.4) is 0 Å². The number of para-hydroxylation sites is 13. The van der Waals surface area contributed by atoms with E-state index in [9.17, 15) is 0 Å². The highest BCUT2D eigenvalue weighted by molar-refractivity contribution is 7.21. The van der Waals surface area contributed by atoms with Crippen LogP contribution in [-0.4, -0.2) is 60.8 Å². The Bertz CT molecular complexity index is 6980. The molecule has 1 aliphatic rings. The summed E-state index contributed by atoms with van der Waals surface area (Å²) in [4.78, 5) is 34.2. The van der Waals surface area contributed by atoms with Crippen molar-refractivity contribution in [3.63, 3.8) is 0 Å². The summed E-state index contributed by atoms with van der Waals surface area (Å²) in [5.74, 6) is 3.21. The predicted molar refractivity (Wildman–Crippen MR) is 444 cm³/mol. The van der Waals surface area contributed by atoms with Gasteiger partial charge in [-0.2, -0.15) is 19.9 Å². The van der Waals surface area contributed by atoms with E-state index in [2.05, 4.69) is 381 Å². The monoisotopic (exact) mass is 1390 g/mol. The van der Waals surface area contributed by atoms with Crippen molar-refractivity contribution in [2.24, 2.45) is 0 Å². The van der Waals surface area contributed by atoms with E-state index in [0.29, 0.717) is 35.2 Å². The average molecular weight is 1390 g/mol. The third-order valence-electron chi connectivity index (χ3n) is 22.5. The van der Waals surface area contributed by atoms with Gasteiger partial charge < -0.3 is 13.7 Å². The van der Waals surface area contributed by atoms with E-state index in [-0.39, 0.29) is 0 Å². The molecule has 23 rings (SSSR count). The van der Waals surface area contributed by atoms with Gasteiger partial charge in [0.25, 0.3) is 0 Å². The van der Waals surface area contributed by atoms with E-state index in [4.69, 9.17) is 29.9 Å². The summed E-state index contributed by atoms with van der Waals surface area (Å²) in [7, 11) is -3.61. The van der Waals surface area contributed by atoms with E-state index in [1.807, 2.05) is 0 Å². The van der Waals surface area contributed by atoms with Gasteiger partial charge in [0, 0.05) is 81.8 Å². The highest BCUT2D eigenvalue weighted by Gasteiger charge is 2.48. The van der Waals surface area contributed by atoms with Gasteiger partial charge in [-0.15, -0.1) is 0 Å². The number of benzene rings is 15. The normalized spacial score (nSPS) is 12.7. The first-order valence-corrected chi connectivity index (χ1v) is 38.6. The van der Waals surface area contributed by atoms with Gasteiger partial charge >= 0.3 is 0 Å². The SMILES string of the molecule is c1cc(-c2nc(-c3ccccc3-n3c4ccccc4c4ccccc43)nc(-n3c4ccccc4c4ccccc43)n2)cc([Si]2(c3cccc(-c4nc(-c5ccccc5-n5c6ccccc6c6ccccc65)nc(-n5c6ccccc6c6ccccc65)n4)c3)c3ccccc3-n3c4ccccc4c4cccc2c43)c1. The summed E-state index contributed by atoms with van der Waals surface area (Å²) in [6.45, 7) is 0. The second kappa shape index (κ2) is 23.3. The van der Waals surface area contributed by atoms with Crippen LogP contribution in [0.2, 0.25) is 0 Å². The highest BCUT2D eigenvalue weighted by Crippen LogP contribution is 2.42. The Morgan fingerprint density at radius 1 is 0.194 bits per heavy atom. The molecule has 502 valence electrons. The third kappa shape index (κ3) is 8.59. The maximum absolute atomic E-state index is 5.75. The smallest absolute Gasteiger partial charge is 0.238 e. The number of fused-ring (bicyclic) bond motifs is 17. The molecule has 0 unspecified atom stereocenters. The van der Waals surface area contributed by atoms with Gasteiger partial charge in [-0.1, -0.05) is 273 Å². The van der Waals surface area contributed by atoms with Crippen molar-refractivity contribution in [3.05, 3.63) is 358 Å². The molecule has 108 heavy (non-hydrogen) atoms. The summed E-state index contributed by atoms with van der Waals surface area (Å²) in [5, 5.41) is 16.3. The van der Waals surface area contributed by atoms with Crippen molar-refractivity contribution in [2.45, 2.75) is 0 Å². The fraction of sp³-hybridized carbons (Fsp3) is 0. The zero-order chi connectivity index (χ0) is 70.7. The van der Waals surface area contributed by atoms with Crippen molar-refractivity contribution < 1.29 is 0 Å². The number of hydrogen-bond donors (Lipinski definition) is 0. The molecule has 0 aliphatic carbocycles. The Kier molecular flexibility index (Phi) is 12.9. The van der Waals surface area contributed by atoms with Crippen LogP contribution in [0.5, 0.6) is 0 Å². The van der Waals surface area contributed by atoms with Crippen molar-refractivity contribution in [2.75, 3.05) is 0 Å². The van der Waals surface area contributed by atoms with Gasteiger partial charge in [0.15, 0.2) is 31.4 Å². The molecule has 15 aromatic carbocycles. The van der Waals surface area contributed by atoms with Crippen molar-refractivity contribution in [1.29, 1.82) is 0 Å². The standard InChI is InChI=1S/C96H59N11Si/c1-12-44-76-64(32-1)65-33-2-13-45-77(65)103(76)85-53-21-10-41-74(85)93-97-91(99-95(101-93)106-81-49-17-5-36-68(81)69-37-6-18-50-82(69)106)60-28-25-30-62(58-60)108(88-56-24-23-55-87(88)105-80-48-16-9-40-72(80)73-43-27-57-89(108)90(73)105)63-31-26-29-61(59-63)92-98-94(102-96(100-92)107-83-51-19-7-38-70(83)71-39-8-20-52-84(71)107)75-42-11-22-54-86(75)104-78-46-14-3-34-66(78)67-35-4-15-47-79(67)104/h1-59H. The van der Waals surface area contributed by atoms with Crippen LogP contribution in [0, 0.1) is 0 Å². The first kappa shape index (κ1) is 60.0. The van der Waals surface area contributed by atoms with Crippen molar-refractivity contribution in [3.8, 4) is 74.5 Å². The van der Waals surface area contributed by atoms with Gasteiger partial charge in [-0.05, 0) is 106 Å². The van der Waals surface area contributed by atoms with Crippen LogP contribution in [0.25, 0.3) is 184 Å². The molecule has 11 nitrogen and oxygen atoms in total. The Hall–Kier alpha value is -14.5. The largest absolute Gasteiger partial charge is 0.309 e. The molecule has 12 heteroatoms. The summed E-state index contributed by atoms with van der Waals surface area (Å²) in [6.07, 6.45) is 0. The predicted octanol–water partition coefficient (Wildman–Crippen LogP) is 19.9. The molecule has 7 aromatic heterocycles. The minimum atomic E-state index is -3.61. The maximum Gasteiger partial charge on any atom is 0.238 e. The van der Waals surface area contributed by atoms with E-state index < -0.39 is 8.07 Å². The topological polar surface area (TPSA) is 102 Å². The lowest BCUT2D eigenvalue weighted by Gasteiger charge is -2.40. The minimum absolute atomic E-state index is 0.515. The van der Waals surface area contributed by atoms with Gasteiger partial charge in [-0.25, -0.2) is 9.97 Å². The van der Waals surface area contributed by atoms with Crippen molar-refractivity contribution >= 4 is 138 Å². The zero-order valence-electron chi connectivity index (χ0n) is 58.0. The maximum atomic E-state index is 5.75. The number of hydrogen-bond acceptors (Lipinski definition) is 6. The molecular weight excluding hydrogens is 1340 g/mol. The molecule has 0 N–H and O–H groups in total. The lowest BCUT2D eigenvalue weighted by Crippen LogP contribution is -2.76. The lowest BCUT2D eigenvalue weighted by atomic mass is 10.1. The summed E-state index contributed by atoms with van der Waals surface area (Å²) >= 11 is 0. The summed E-state index contributed by atoms with van der Waals surface area (Å²) in [5.41, 5.74) is 17.2. The molecule has 0 spiro atoms. The first-order valence-electron chi connectivity index (χ1n) is 36.6. The molecular formula is C96H59N11Si. The van der Waals surface area contributed by atoms with Gasteiger partial charge in [0.1, 0.15) is 0 Å². The molecule has 0 atom stereocenters. The second-order valence-electron chi connectivity index (χ2n) is 28.1. The van der Waals surface area contributed by atoms with E-state index in [0.717, 1.165) is 121 Å². The van der Waals surface area contributed by atoms with Gasteiger partial charge in [-0.3, -0.25) is 9.13 Å². The van der Waals surface area contributed by atoms with E-state index in [1.165, 1.54) is 48.2 Å². The highest BCUT2D eigenvalue weighted by atomic mass is 28.3. The van der Waals surface area contributed by atoms with E-state index in [1.54, 1.807) is 0 Å². The Labute approximate surface area is 619 Å². The van der Waals surface area contributed by atoms with Crippen LogP contribution < -0.4 is 20.7 Å². The Balaban J connectivity index is 0.786. The van der Waals surface area contributed by atoms with Crippen LogP contribution >= 0.6 is 0 Å². The van der Waals surface area contributed by atoms with Crippen molar-refractivity contribution in [1.82, 2.24) is 52.7 Å². The summed E-state index contributed by atoms with van der Waals surface area (Å²) < 4.78 is 11.7. The molecule has 22 aromatic rings. The zero-order valence-corrected chi connectivity index (χ0v) is 59.0. The van der Waals surface area contributed by atoms with Crippen LogP contribution in [-0.2, 0) is 0 Å². The first-order chi connectivity index (χ1) is 53.6.